The molecule has 3 rings (SSSR count). The molecule has 0 saturated heterocycles. The molecule has 0 aromatic carbocycles. The number of nitrogens with zero attached hydrogens (tertiary/aromatic N) is 8. The van der Waals surface area contributed by atoms with Crippen molar-refractivity contribution in [1.29, 1.82) is 0 Å². The molecule has 3 aromatic rings. The molecule has 200 valence electrons. The Morgan fingerprint density at radius 1 is 1.27 bits per heavy atom. The average molecular weight is 524 g/mol. The number of carbonyl (C=O) groups is 1. The highest BCUT2D eigenvalue weighted by Crippen LogP contribution is 2.24. The van der Waals surface area contributed by atoms with Gasteiger partial charge < -0.3 is 18.9 Å². The molecule has 0 radical (unpaired) electrons. The monoisotopic (exact) mass is 523 g/mol. The van der Waals surface area contributed by atoms with E-state index in [0.717, 1.165) is 0 Å². The highest BCUT2D eigenvalue weighted by atomic mass is 19.4. The molecule has 0 fully saturated rings. The number of fused-ring (bicyclic) bond motifs is 1. The summed E-state index contributed by atoms with van der Waals surface area (Å²) in [6.45, 7) is 7.83. The molecular formula is C22H28F3N9O3. The molecule has 0 aliphatic rings. The van der Waals surface area contributed by atoms with Gasteiger partial charge in [-0.15, -0.1) is 0 Å². The van der Waals surface area contributed by atoms with E-state index in [1.807, 2.05) is 0 Å². The zero-order valence-electron chi connectivity index (χ0n) is 20.9. The van der Waals surface area contributed by atoms with Crippen LogP contribution in [0.15, 0.2) is 41.1 Å². The minimum Gasteiger partial charge on any atom is -0.444 e. The Bertz CT molecular complexity index is 1260. The first kappa shape index (κ1) is 27.6. The van der Waals surface area contributed by atoms with Gasteiger partial charge in [0.15, 0.2) is 5.84 Å². The maximum Gasteiger partial charge on any atom is 0.410 e. The number of alkyl halides is 3. The number of amidine groups is 1. The molecule has 3 heterocycles. The Morgan fingerprint density at radius 2 is 2.03 bits per heavy atom. The molecule has 1 amide bonds. The van der Waals surface area contributed by atoms with Crippen LogP contribution in [0.25, 0.3) is 17.2 Å². The van der Waals surface area contributed by atoms with Crippen molar-refractivity contribution in [2.24, 2.45) is 10.1 Å². The Kier molecular flexibility index (Phi) is 8.47. The fourth-order valence-corrected chi connectivity index (χ4v) is 3.06. The van der Waals surface area contributed by atoms with Gasteiger partial charge in [-0.1, -0.05) is 0 Å². The quantitative estimate of drug-likeness (QED) is 0.198. The van der Waals surface area contributed by atoms with E-state index >= 15 is 0 Å². The Hall–Kier alpha value is -4.01. The van der Waals surface area contributed by atoms with E-state index in [1.165, 1.54) is 17.4 Å². The largest absolute Gasteiger partial charge is 0.444 e. The van der Waals surface area contributed by atoms with E-state index in [4.69, 9.17) is 9.47 Å². The number of ether oxygens (including phenoxy) is 2. The van der Waals surface area contributed by atoms with Gasteiger partial charge in [0.05, 0.1) is 12.9 Å². The minimum absolute atomic E-state index is 0.0699. The molecule has 12 nitrogen and oxygen atoms in total. The lowest BCUT2D eigenvalue weighted by atomic mass is 10.2. The SMILES string of the molecule is C=NNC(=NCC(F)(F)F)c1nc2ncccn2c1-c1cn(COCCN(C)C(=O)OC(C)(C)C)cn1. The van der Waals surface area contributed by atoms with E-state index in [1.54, 1.807) is 55.2 Å². The Labute approximate surface area is 210 Å². The van der Waals surface area contributed by atoms with Crippen LogP contribution >= 0.6 is 0 Å². The molecule has 0 bridgehead atoms. The fraction of sp³-hybridized carbons (Fsp3) is 0.455. The lowest BCUT2D eigenvalue weighted by molar-refractivity contribution is -0.118. The zero-order valence-corrected chi connectivity index (χ0v) is 20.9. The lowest BCUT2D eigenvalue weighted by Crippen LogP contribution is -2.36. The van der Waals surface area contributed by atoms with Crippen molar-refractivity contribution in [2.45, 2.75) is 39.3 Å². The van der Waals surface area contributed by atoms with Crippen LogP contribution in [0.4, 0.5) is 18.0 Å². The third-order valence-corrected chi connectivity index (χ3v) is 4.62. The number of hydrazone groups is 1. The summed E-state index contributed by atoms with van der Waals surface area (Å²) < 4.78 is 52.7. The molecule has 1 N–H and O–H groups in total. The summed E-state index contributed by atoms with van der Waals surface area (Å²) in [5.41, 5.74) is 2.59. The van der Waals surface area contributed by atoms with Crippen LogP contribution in [-0.2, 0) is 16.2 Å². The van der Waals surface area contributed by atoms with Gasteiger partial charge in [-0.05, 0) is 26.8 Å². The second-order valence-corrected chi connectivity index (χ2v) is 8.86. The predicted molar refractivity (Wildman–Crippen MR) is 129 cm³/mol. The van der Waals surface area contributed by atoms with E-state index in [9.17, 15) is 18.0 Å². The van der Waals surface area contributed by atoms with Crippen molar-refractivity contribution < 1.29 is 27.4 Å². The number of rotatable bonds is 9. The number of amides is 1. The molecular weight excluding hydrogens is 495 g/mol. The van der Waals surface area contributed by atoms with Crippen molar-refractivity contribution in [2.75, 3.05) is 26.7 Å². The summed E-state index contributed by atoms with van der Waals surface area (Å²) in [5, 5.41) is 3.47. The van der Waals surface area contributed by atoms with Crippen LogP contribution in [0.2, 0.25) is 0 Å². The summed E-state index contributed by atoms with van der Waals surface area (Å²) in [6.07, 6.45) is 1.31. The van der Waals surface area contributed by atoms with Crippen molar-refractivity contribution in [3.8, 4) is 11.4 Å². The summed E-state index contributed by atoms with van der Waals surface area (Å²) >= 11 is 0. The van der Waals surface area contributed by atoms with Crippen LogP contribution in [0.1, 0.15) is 26.5 Å². The Morgan fingerprint density at radius 3 is 2.70 bits per heavy atom. The first-order valence-corrected chi connectivity index (χ1v) is 11.1. The van der Waals surface area contributed by atoms with Crippen LogP contribution in [0.5, 0.6) is 0 Å². The molecule has 15 heteroatoms. The molecule has 0 aliphatic heterocycles. The van der Waals surface area contributed by atoms with Gasteiger partial charge in [0.2, 0.25) is 5.78 Å². The summed E-state index contributed by atoms with van der Waals surface area (Å²) in [4.78, 5) is 29.9. The van der Waals surface area contributed by atoms with E-state index in [2.05, 4.69) is 37.2 Å². The maximum absolute atomic E-state index is 12.8. The summed E-state index contributed by atoms with van der Waals surface area (Å²) in [5.74, 6) is -0.00199. The van der Waals surface area contributed by atoms with Gasteiger partial charge in [-0.3, -0.25) is 14.8 Å². The number of imidazole rings is 2. The standard InChI is InChI=1S/C22H28F3N9O3/c1-21(2,3)37-20(35)32(5)9-10-36-14-33-11-15(29-13-33)17-16(30-19-27-7-6-8-34(17)19)18(31-26-4)28-12-22(23,24)25/h6-8,11,13H,4,9-10,12,14H2,1-3,5H3,(H,28,31). The van der Waals surface area contributed by atoms with Crippen LogP contribution in [0, 0.1) is 0 Å². The second kappa shape index (κ2) is 11.4. The third-order valence-electron chi connectivity index (χ3n) is 4.62. The molecule has 0 atom stereocenters. The molecule has 0 spiro atoms. The number of hydrogen-bond donors (Lipinski definition) is 1. The average Bonchev–Trinajstić information content (AvgIpc) is 3.41. The highest BCUT2D eigenvalue weighted by Gasteiger charge is 2.28. The van der Waals surface area contributed by atoms with E-state index in [0.29, 0.717) is 17.9 Å². The third kappa shape index (κ3) is 7.73. The second-order valence-electron chi connectivity index (χ2n) is 8.86. The summed E-state index contributed by atoms with van der Waals surface area (Å²) in [7, 11) is 1.61. The number of halogens is 3. The number of likely N-dealkylation sites (N-methyl/N-ethyl adjacent to an activating group) is 1. The van der Waals surface area contributed by atoms with Crippen molar-refractivity contribution >= 4 is 24.4 Å². The Balaban J connectivity index is 1.77. The zero-order chi connectivity index (χ0) is 27.2. The van der Waals surface area contributed by atoms with Gasteiger partial charge in [0.1, 0.15) is 36.0 Å². The van der Waals surface area contributed by atoms with Crippen molar-refractivity contribution in [1.82, 2.24) is 34.2 Å². The number of hydrogen-bond acceptors (Lipinski definition) is 8. The molecule has 0 saturated carbocycles. The van der Waals surface area contributed by atoms with Gasteiger partial charge in [0.25, 0.3) is 0 Å². The van der Waals surface area contributed by atoms with E-state index < -0.39 is 24.4 Å². The molecule has 0 aliphatic carbocycles. The van der Waals surface area contributed by atoms with Crippen LogP contribution in [0.3, 0.4) is 0 Å². The predicted octanol–water partition coefficient (Wildman–Crippen LogP) is 2.95. The van der Waals surface area contributed by atoms with E-state index in [-0.39, 0.29) is 30.6 Å². The molecule has 3 aromatic heterocycles. The first-order chi connectivity index (χ1) is 17.4. The number of aromatic nitrogens is 5. The maximum atomic E-state index is 12.8. The lowest BCUT2D eigenvalue weighted by Gasteiger charge is -2.24. The number of aliphatic imine (C=N–C) groups is 1. The minimum atomic E-state index is -4.53. The van der Waals surface area contributed by atoms with Gasteiger partial charge in [-0.2, -0.15) is 18.3 Å². The van der Waals surface area contributed by atoms with Crippen LogP contribution < -0.4 is 5.43 Å². The van der Waals surface area contributed by atoms with Crippen LogP contribution in [-0.4, -0.2) is 86.0 Å². The fourth-order valence-electron chi connectivity index (χ4n) is 3.06. The molecule has 0 unspecified atom stereocenters. The molecule has 37 heavy (non-hydrogen) atoms. The highest BCUT2D eigenvalue weighted by molar-refractivity contribution is 6.02. The number of carbonyl (C=O) groups excluding carboxylic acids is 1. The van der Waals surface area contributed by atoms with Gasteiger partial charge in [0, 0.05) is 38.9 Å². The smallest absolute Gasteiger partial charge is 0.410 e. The normalized spacial score (nSPS) is 12.6. The number of nitrogens with one attached hydrogen (secondary N) is 1. The van der Waals surface area contributed by atoms with Crippen molar-refractivity contribution in [3.63, 3.8) is 0 Å². The van der Waals surface area contributed by atoms with Crippen molar-refractivity contribution in [3.05, 3.63) is 36.7 Å². The van der Waals surface area contributed by atoms with Gasteiger partial charge in [-0.25, -0.2) is 19.7 Å². The first-order valence-electron chi connectivity index (χ1n) is 11.1. The topological polar surface area (TPSA) is 124 Å². The van der Waals surface area contributed by atoms with Gasteiger partial charge >= 0.3 is 12.3 Å². The summed E-state index contributed by atoms with van der Waals surface area (Å²) in [6, 6.07) is 1.65.